The van der Waals surface area contributed by atoms with Crippen molar-refractivity contribution in [2.24, 2.45) is 11.8 Å². The molecular weight excluding hydrogens is 605 g/mol. The molecule has 0 spiro atoms. The van der Waals surface area contributed by atoms with Crippen LogP contribution in [0.1, 0.15) is 85.2 Å². The summed E-state index contributed by atoms with van der Waals surface area (Å²) in [5.41, 5.74) is -1.71. The van der Waals surface area contributed by atoms with Crippen molar-refractivity contribution < 1.29 is 45.1 Å². The molecule has 1 unspecified atom stereocenters. The number of carbonyl (C=O) groups excluding carboxylic acids is 2. The molecule has 1 saturated carbocycles. The summed E-state index contributed by atoms with van der Waals surface area (Å²) in [6.07, 6.45) is -5.78. The Morgan fingerprint density at radius 2 is 1.56 bits per heavy atom. The first kappa shape index (κ1) is 34.7. The van der Waals surface area contributed by atoms with E-state index in [1.165, 1.54) is 38.1 Å². The average molecular weight is 645 g/mol. The van der Waals surface area contributed by atoms with Gasteiger partial charge in [0.2, 0.25) is 5.91 Å². The highest BCUT2D eigenvalue weighted by Gasteiger charge is 2.42. The summed E-state index contributed by atoms with van der Waals surface area (Å²) in [4.78, 5) is 29.3. The molecule has 248 valence electrons. The van der Waals surface area contributed by atoms with Crippen LogP contribution in [0.2, 0.25) is 0 Å². The van der Waals surface area contributed by atoms with Crippen LogP contribution in [0.15, 0.2) is 36.4 Å². The van der Waals surface area contributed by atoms with E-state index in [1.807, 2.05) is 0 Å². The highest BCUT2D eigenvalue weighted by molar-refractivity contribution is 5.80. The lowest BCUT2D eigenvalue weighted by atomic mass is 9.76. The van der Waals surface area contributed by atoms with E-state index >= 15 is 0 Å². The molecule has 2 aromatic carbocycles. The van der Waals surface area contributed by atoms with Crippen LogP contribution in [0, 0.1) is 24.6 Å². The zero-order valence-electron chi connectivity index (χ0n) is 25.8. The molecular formula is C33H39F7N2O3. The lowest BCUT2D eigenvalue weighted by Gasteiger charge is -2.45. The van der Waals surface area contributed by atoms with Crippen molar-refractivity contribution in [1.82, 2.24) is 9.80 Å². The number of nitrogens with zero attached hydrogens (tertiary/aromatic N) is 2. The zero-order chi connectivity index (χ0) is 33.3. The van der Waals surface area contributed by atoms with Gasteiger partial charge in [-0.15, -0.1) is 0 Å². The van der Waals surface area contributed by atoms with Gasteiger partial charge in [0.15, 0.2) is 0 Å². The summed E-state index contributed by atoms with van der Waals surface area (Å²) in [6.45, 7) is 4.22. The predicted molar refractivity (Wildman–Crippen MR) is 154 cm³/mol. The van der Waals surface area contributed by atoms with Crippen LogP contribution in [0.5, 0.6) is 0 Å². The molecule has 0 aromatic heterocycles. The molecule has 5 nitrogen and oxygen atoms in total. The lowest BCUT2D eigenvalue weighted by molar-refractivity contribution is -0.144. The summed E-state index contributed by atoms with van der Waals surface area (Å²) in [5, 5.41) is 0. The Bertz CT molecular complexity index is 1340. The van der Waals surface area contributed by atoms with E-state index in [0.29, 0.717) is 43.6 Å². The summed E-state index contributed by atoms with van der Waals surface area (Å²) < 4.78 is 100. The normalized spacial score (nSPS) is 23.8. The highest BCUT2D eigenvalue weighted by Crippen LogP contribution is 2.42. The maximum absolute atomic E-state index is 14.1. The largest absolute Gasteiger partial charge is 0.469 e. The highest BCUT2D eigenvalue weighted by atomic mass is 19.4. The van der Waals surface area contributed by atoms with Crippen molar-refractivity contribution >= 4 is 11.9 Å². The third-order valence-electron chi connectivity index (χ3n) is 9.63. The quantitative estimate of drug-likeness (QED) is 0.227. The van der Waals surface area contributed by atoms with Gasteiger partial charge in [-0.25, -0.2) is 4.39 Å². The monoisotopic (exact) mass is 644 g/mol. The summed E-state index contributed by atoms with van der Waals surface area (Å²) in [6, 6.07) is 4.90. The molecule has 4 rings (SSSR count). The number of alkyl halides is 6. The Hall–Kier alpha value is -3.15. The minimum atomic E-state index is -5.01. The number of benzene rings is 2. The van der Waals surface area contributed by atoms with E-state index in [4.69, 9.17) is 4.74 Å². The van der Waals surface area contributed by atoms with E-state index in [0.717, 1.165) is 31.2 Å². The molecule has 12 heteroatoms. The first-order valence-corrected chi connectivity index (χ1v) is 15.1. The second-order valence-electron chi connectivity index (χ2n) is 12.4. The number of amides is 1. The second kappa shape index (κ2) is 13.7. The van der Waals surface area contributed by atoms with E-state index < -0.39 is 47.2 Å². The molecule has 45 heavy (non-hydrogen) atoms. The van der Waals surface area contributed by atoms with Crippen molar-refractivity contribution in [1.29, 1.82) is 0 Å². The number of ether oxygens (including phenoxy) is 1. The van der Waals surface area contributed by atoms with Gasteiger partial charge in [0, 0.05) is 37.9 Å². The van der Waals surface area contributed by atoms with Gasteiger partial charge in [0.25, 0.3) is 0 Å². The van der Waals surface area contributed by atoms with Gasteiger partial charge < -0.3 is 9.64 Å². The molecule has 1 saturated heterocycles. The molecule has 0 radical (unpaired) electrons. The number of piperidine rings is 1. The van der Waals surface area contributed by atoms with Crippen LogP contribution in [-0.2, 0) is 26.7 Å². The molecule has 0 N–H and O–H groups in total. The Labute approximate surface area is 258 Å². The van der Waals surface area contributed by atoms with E-state index in [2.05, 4.69) is 4.90 Å². The number of hydrogen-bond acceptors (Lipinski definition) is 4. The van der Waals surface area contributed by atoms with Crippen molar-refractivity contribution in [3.05, 3.63) is 70.0 Å². The molecule has 2 fully saturated rings. The SMILES string of the molecule is COC(=O)CC1CCC(N2CC[C@H](C(=O)N(C)C(C)c3cc(C(F)(F)F)cc(C(F)(F)F)c3)[C@@H](c3ccc(F)cc3C)C2)CC1. The number of likely N-dealkylation sites (tertiary alicyclic amines) is 1. The van der Waals surface area contributed by atoms with Crippen molar-refractivity contribution in [3.8, 4) is 0 Å². The van der Waals surface area contributed by atoms with Gasteiger partial charge in [-0.05, 0) is 105 Å². The maximum atomic E-state index is 14.1. The van der Waals surface area contributed by atoms with Crippen LogP contribution in [0.25, 0.3) is 0 Å². The number of aryl methyl sites for hydroxylation is 1. The standard InChI is InChI=1S/C33H39F7N2O3/c1-19-13-25(34)7-10-27(19)29-18-42(26-8-5-21(6-9-26)14-30(43)45-4)12-11-28(29)31(44)41(3)20(2)22-15-23(32(35,36)37)17-24(16-22)33(38,39)40/h7,10,13,15-17,20-21,26,28-29H,5-6,8-9,11-12,14,18H2,1-4H3/t20?,21?,26?,28-,29+/m0/s1. The number of hydrogen-bond donors (Lipinski definition) is 0. The minimum Gasteiger partial charge on any atom is -0.469 e. The fourth-order valence-corrected chi connectivity index (χ4v) is 6.90. The Kier molecular flexibility index (Phi) is 10.6. The molecule has 1 aliphatic carbocycles. The van der Waals surface area contributed by atoms with Gasteiger partial charge in [0.05, 0.1) is 24.3 Å². The van der Waals surface area contributed by atoms with Crippen molar-refractivity contribution in [3.63, 3.8) is 0 Å². The van der Waals surface area contributed by atoms with Gasteiger partial charge >= 0.3 is 18.3 Å². The molecule has 3 atom stereocenters. The van der Waals surface area contributed by atoms with Gasteiger partial charge in [0.1, 0.15) is 5.82 Å². The number of methoxy groups -OCH3 is 1. The van der Waals surface area contributed by atoms with Gasteiger partial charge in [-0.1, -0.05) is 6.07 Å². The number of carbonyl (C=O) groups is 2. The van der Waals surface area contributed by atoms with Crippen LogP contribution < -0.4 is 0 Å². The first-order valence-electron chi connectivity index (χ1n) is 15.1. The van der Waals surface area contributed by atoms with Crippen molar-refractivity contribution in [2.45, 2.75) is 82.7 Å². The van der Waals surface area contributed by atoms with Crippen LogP contribution >= 0.6 is 0 Å². The number of rotatable bonds is 7. The molecule has 1 amide bonds. The third-order valence-corrected chi connectivity index (χ3v) is 9.63. The number of esters is 1. The summed E-state index contributed by atoms with van der Waals surface area (Å²) >= 11 is 0. The minimum absolute atomic E-state index is 0.0734. The second-order valence-corrected chi connectivity index (χ2v) is 12.4. The van der Waals surface area contributed by atoms with Gasteiger partial charge in [-0.2, -0.15) is 26.3 Å². The van der Waals surface area contributed by atoms with Crippen LogP contribution in [0.4, 0.5) is 30.7 Å². The Morgan fingerprint density at radius 3 is 2.09 bits per heavy atom. The lowest BCUT2D eigenvalue weighted by Crippen LogP contribution is -2.50. The predicted octanol–water partition coefficient (Wildman–Crippen LogP) is 7.92. The Balaban J connectivity index is 1.58. The van der Waals surface area contributed by atoms with E-state index in [1.54, 1.807) is 13.0 Å². The van der Waals surface area contributed by atoms with Crippen LogP contribution in [-0.4, -0.2) is 55.0 Å². The zero-order valence-corrected chi connectivity index (χ0v) is 25.8. The fourth-order valence-electron chi connectivity index (χ4n) is 6.90. The average Bonchev–Trinajstić information content (AvgIpc) is 2.99. The topological polar surface area (TPSA) is 49.9 Å². The fraction of sp³-hybridized carbons (Fsp3) is 0.576. The van der Waals surface area contributed by atoms with Crippen LogP contribution in [0.3, 0.4) is 0 Å². The van der Waals surface area contributed by atoms with Crippen molar-refractivity contribution in [2.75, 3.05) is 27.2 Å². The smallest absolute Gasteiger partial charge is 0.416 e. The molecule has 2 aliphatic rings. The molecule has 1 heterocycles. The van der Waals surface area contributed by atoms with E-state index in [-0.39, 0.29) is 35.5 Å². The maximum Gasteiger partial charge on any atom is 0.416 e. The molecule has 0 bridgehead atoms. The molecule has 2 aromatic rings. The summed E-state index contributed by atoms with van der Waals surface area (Å²) in [5.74, 6) is -1.81. The van der Waals surface area contributed by atoms with E-state index in [9.17, 15) is 40.3 Å². The first-order chi connectivity index (χ1) is 21.0. The Morgan fingerprint density at radius 1 is 0.956 bits per heavy atom. The van der Waals surface area contributed by atoms with Gasteiger partial charge in [-0.3, -0.25) is 14.5 Å². The third kappa shape index (κ3) is 8.17. The number of halogens is 7. The molecule has 1 aliphatic heterocycles. The summed E-state index contributed by atoms with van der Waals surface area (Å²) in [7, 11) is 2.76.